The maximum atomic E-state index is 12.6. The van der Waals surface area contributed by atoms with E-state index in [1.165, 1.54) is 0 Å². The predicted octanol–water partition coefficient (Wildman–Crippen LogP) is 5.07. The van der Waals surface area contributed by atoms with Crippen LogP contribution in [-0.4, -0.2) is 17.6 Å². The van der Waals surface area contributed by atoms with Crippen molar-refractivity contribution in [1.29, 1.82) is 0 Å². The number of amides is 2. The lowest BCUT2D eigenvalue weighted by atomic mass is 9.95. The van der Waals surface area contributed by atoms with E-state index < -0.39 is 5.41 Å². The summed E-state index contributed by atoms with van der Waals surface area (Å²) in [7, 11) is 0. The SMILES string of the molecule is Cc1cc(C)cc(N2C(=O)CS[C@H]2c2ccc(NC(=O)C(C)(C)C)cc2)c1. The molecule has 0 aliphatic carbocycles. The molecule has 0 aromatic heterocycles. The van der Waals surface area contributed by atoms with Crippen molar-refractivity contribution >= 4 is 35.0 Å². The number of carbonyl (C=O) groups is 2. The van der Waals surface area contributed by atoms with E-state index in [0.29, 0.717) is 5.75 Å². The fourth-order valence-electron chi connectivity index (χ4n) is 3.09. The van der Waals surface area contributed by atoms with Gasteiger partial charge in [-0.05, 0) is 54.8 Å². The first-order chi connectivity index (χ1) is 12.6. The second kappa shape index (κ2) is 7.39. The zero-order valence-corrected chi connectivity index (χ0v) is 17.3. The van der Waals surface area contributed by atoms with E-state index in [9.17, 15) is 9.59 Å². The third kappa shape index (κ3) is 4.35. The van der Waals surface area contributed by atoms with Crippen molar-refractivity contribution in [3.8, 4) is 0 Å². The highest BCUT2D eigenvalue weighted by Gasteiger charge is 2.34. The first kappa shape index (κ1) is 19.5. The fourth-order valence-corrected chi connectivity index (χ4v) is 4.27. The number of rotatable bonds is 3. The highest BCUT2D eigenvalue weighted by Crippen LogP contribution is 2.42. The molecular weight excluding hydrogens is 356 g/mol. The van der Waals surface area contributed by atoms with Gasteiger partial charge in [0.15, 0.2) is 0 Å². The molecule has 5 heteroatoms. The van der Waals surface area contributed by atoms with Crippen LogP contribution in [0.15, 0.2) is 42.5 Å². The maximum absolute atomic E-state index is 12.6. The van der Waals surface area contributed by atoms with Crippen LogP contribution in [0.3, 0.4) is 0 Å². The Balaban J connectivity index is 1.84. The quantitative estimate of drug-likeness (QED) is 0.806. The zero-order chi connectivity index (χ0) is 19.8. The van der Waals surface area contributed by atoms with E-state index in [-0.39, 0.29) is 17.2 Å². The summed E-state index contributed by atoms with van der Waals surface area (Å²) in [4.78, 5) is 26.6. The largest absolute Gasteiger partial charge is 0.326 e. The normalized spacial score (nSPS) is 17.3. The molecule has 27 heavy (non-hydrogen) atoms. The number of thioether (sulfide) groups is 1. The second-order valence-corrected chi connectivity index (χ2v) is 9.17. The van der Waals surface area contributed by atoms with Crippen LogP contribution < -0.4 is 10.2 Å². The highest BCUT2D eigenvalue weighted by atomic mass is 32.2. The van der Waals surface area contributed by atoms with E-state index >= 15 is 0 Å². The molecule has 0 spiro atoms. The monoisotopic (exact) mass is 382 g/mol. The molecule has 1 aliphatic rings. The molecule has 0 saturated carbocycles. The van der Waals surface area contributed by atoms with Crippen LogP contribution in [0.5, 0.6) is 0 Å². The number of hydrogen-bond acceptors (Lipinski definition) is 3. The Bertz CT molecular complexity index is 849. The molecule has 0 unspecified atom stereocenters. The van der Waals surface area contributed by atoms with Crippen molar-refractivity contribution in [3.63, 3.8) is 0 Å². The minimum Gasteiger partial charge on any atom is -0.326 e. The Morgan fingerprint density at radius 1 is 1.07 bits per heavy atom. The number of anilines is 2. The standard InChI is InChI=1S/C22H26N2O2S/c1-14-10-15(2)12-18(11-14)24-19(25)13-27-20(24)16-6-8-17(9-7-16)23-21(26)22(3,4)5/h6-12,20H,13H2,1-5H3,(H,23,26)/t20-/m0/s1. The Morgan fingerprint density at radius 2 is 1.67 bits per heavy atom. The molecule has 2 aromatic carbocycles. The minimum absolute atomic E-state index is 0.0162. The van der Waals surface area contributed by atoms with Crippen LogP contribution in [0.25, 0.3) is 0 Å². The van der Waals surface area contributed by atoms with E-state index in [0.717, 1.165) is 28.1 Å². The minimum atomic E-state index is -0.438. The van der Waals surface area contributed by atoms with Gasteiger partial charge in [-0.1, -0.05) is 39.0 Å². The Kier molecular flexibility index (Phi) is 5.33. The maximum Gasteiger partial charge on any atom is 0.238 e. The van der Waals surface area contributed by atoms with Crippen molar-refractivity contribution in [1.82, 2.24) is 0 Å². The summed E-state index contributed by atoms with van der Waals surface area (Å²) in [5.41, 5.74) is 4.62. The zero-order valence-electron chi connectivity index (χ0n) is 16.5. The van der Waals surface area contributed by atoms with Gasteiger partial charge >= 0.3 is 0 Å². The van der Waals surface area contributed by atoms with Gasteiger partial charge in [0.25, 0.3) is 0 Å². The van der Waals surface area contributed by atoms with Crippen molar-refractivity contribution in [3.05, 3.63) is 59.2 Å². The van der Waals surface area contributed by atoms with Crippen LogP contribution in [0.2, 0.25) is 0 Å². The molecule has 1 atom stereocenters. The Labute approximate surface area is 165 Å². The van der Waals surface area contributed by atoms with Gasteiger partial charge in [0.1, 0.15) is 5.37 Å². The average Bonchev–Trinajstić information content (AvgIpc) is 2.95. The number of benzene rings is 2. The van der Waals surface area contributed by atoms with Crippen molar-refractivity contribution in [2.24, 2.45) is 5.41 Å². The first-order valence-electron chi connectivity index (χ1n) is 9.08. The topological polar surface area (TPSA) is 49.4 Å². The Hall–Kier alpha value is -2.27. The summed E-state index contributed by atoms with van der Waals surface area (Å²) < 4.78 is 0. The van der Waals surface area contributed by atoms with Crippen LogP contribution in [-0.2, 0) is 9.59 Å². The van der Waals surface area contributed by atoms with Crippen LogP contribution in [0.1, 0.15) is 42.8 Å². The second-order valence-electron chi connectivity index (χ2n) is 8.10. The number of aryl methyl sites for hydroxylation is 2. The van der Waals surface area contributed by atoms with Gasteiger partial charge < -0.3 is 5.32 Å². The lowest BCUT2D eigenvalue weighted by molar-refractivity contribution is -0.123. The molecule has 4 nitrogen and oxygen atoms in total. The van der Waals surface area contributed by atoms with Gasteiger partial charge in [-0.2, -0.15) is 0 Å². The molecule has 1 N–H and O–H groups in total. The van der Waals surface area contributed by atoms with Gasteiger partial charge in [-0.3, -0.25) is 14.5 Å². The molecule has 1 heterocycles. The lowest BCUT2D eigenvalue weighted by Crippen LogP contribution is -2.28. The molecule has 0 radical (unpaired) electrons. The summed E-state index contributed by atoms with van der Waals surface area (Å²) in [6, 6.07) is 14.0. The number of nitrogens with one attached hydrogen (secondary N) is 1. The van der Waals surface area contributed by atoms with Gasteiger partial charge in [-0.15, -0.1) is 11.8 Å². The summed E-state index contributed by atoms with van der Waals surface area (Å²) in [6.45, 7) is 9.76. The average molecular weight is 383 g/mol. The molecule has 1 aliphatic heterocycles. The third-order valence-electron chi connectivity index (χ3n) is 4.49. The predicted molar refractivity (Wildman–Crippen MR) is 113 cm³/mol. The number of carbonyl (C=O) groups excluding carboxylic acids is 2. The lowest BCUT2D eigenvalue weighted by Gasteiger charge is -2.25. The molecule has 2 aromatic rings. The summed E-state index contributed by atoms with van der Waals surface area (Å²) >= 11 is 1.63. The van der Waals surface area contributed by atoms with Gasteiger partial charge in [-0.25, -0.2) is 0 Å². The van der Waals surface area contributed by atoms with Crippen molar-refractivity contribution in [2.45, 2.75) is 40.0 Å². The molecule has 2 amide bonds. The Morgan fingerprint density at radius 3 is 2.22 bits per heavy atom. The summed E-state index contributed by atoms with van der Waals surface area (Å²) in [6.07, 6.45) is 0. The first-order valence-corrected chi connectivity index (χ1v) is 10.1. The van der Waals surface area contributed by atoms with E-state index in [2.05, 4.69) is 23.5 Å². The number of hydrogen-bond donors (Lipinski definition) is 1. The van der Waals surface area contributed by atoms with Crippen LogP contribution in [0.4, 0.5) is 11.4 Å². The molecule has 1 fully saturated rings. The van der Waals surface area contributed by atoms with Gasteiger partial charge in [0.05, 0.1) is 5.75 Å². The van der Waals surface area contributed by atoms with Crippen LogP contribution in [0, 0.1) is 19.3 Å². The molecular formula is C22H26N2O2S. The summed E-state index contributed by atoms with van der Waals surface area (Å²) in [5.74, 6) is 0.581. The fraction of sp³-hybridized carbons (Fsp3) is 0.364. The molecule has 0 bridgehead atoms. The van der Waals surface area contributed by atoms with Gasteiger partial charge in [0, 0.05) is 16.8 Å². The molecule has 142 valence electrons. The highest BCUT2D eigenvalue weighted by molar-refractivity contribution is 8.00. The van der Waals surface area contributed by atoms with Crippen molar-refractivity contribution < 1.29 is 9.59 Å². The van der Waals surface area contributed by atoms with E-state index in [1.807, 2.05) is 63.8 Å². The molecule has 1 saturated heterocycles. The summed E-state index contributed by atoms with van der Waals surface area (Å²) in [5, 5.41) is 2.89. The van der Waals surface area contributed by atoms with Crippen LogP contribution >= 0.6 is 11.8 Å². The molecule has 3 rings (SSSR count). The number of nitrogens with zero attached hydrogens (tertiary/aromatic N) is 1. The third-order valence-corrected chi connectivity index (χ3v) is 5.70. The van der Waals surface area contributed by atoms with E-state index in [1.54, 1.807) is 11.8 Å². The van der Waals surface area contributed by atoms with Gasteiger partial charge in [0.2, 0.25) is 11.8 Å². The smallest absolute Gasteiger partial charge is 0.238 e. The van der Waals surface area contributed by atoms with Crippen molar-refractivity contribution in [2.75, 3.05) is 16.0 Å². The van der Waals surface area contributed by atoms with E-state index in [4.69, 9.17) is 0 Å².